The summed E-state index contributed by atoms with van der Waals surface area (Å²) in [5.74, 6) is 0. The van der Waals surface area contributed by atoms with Gasteiger partial charge >= 0.3 is 0 Å². The molecule has 2 aliphatic carbocycles. The molecule has 1 heterocycles. The van der Waals surface area contributed by atoms with Crippen molar-refractivity contribution in [3.63, 3.8) is 0 Å². The third-order valence-electron chi connectivity index (χ3n) is 5.46. The number of hydrogen-bond donors (Lipinski definition) is 0. The van der Waals surface area contributed by atoms with E-state index in [2.05, 4.69) is 39.7 Å². The summed E-state index contributed by atoms with van der Waals surface area (Å²) >= 11 is 2.38. The van der Waals surface area contributed by atoms with E-state index in [1.807, 2.05) is 97.1 Å². The predicted molar refractivity (Wildman–Crippen MR) is 138 cm³/mol. The van der Waals surface area contributed by atoms with Crippen LogP contribution in [0.2, 0.25) is 0 Å². The van der Waals surface area contributed by atoms with E-state index in [-0.39, 0.29) is 0 Å². The molecule has 0 radical (unpaired) electrons. The second-order valence-electron chi connectivity index (χ2n) is 7.27. The Bertz CT molecular complexity index is 1310. The molecule has 0 saturated heterocycles. The first kappa shape index (κ1) is 20.2. The van der Waals surface area contributed by atoms with E-state index in [9.17, 15) is 0 Å². The second kappa shape index (κ2) is 8.41. The SMILES string of the molecule is O=P(c1ccccc1)(c1ccccc1)c1c2cccccc-2c(I)c1-c1ccccn1. The average Bonchev–Trinajstić information content (AvgIpc) is 2.97. The number of pyridine rings is 1. The van der Waals surface area contributed by atoms with Crippen LogP contribution >= 0.6 is 29.7 Å². The first-order chi connectivity index (χ1) is 15.2. The van der Waals surface area contributed by atoms with Crippen LogP contribution in [0.5, 0.6) is 0 Å². The smallest absolute Gasteiger partial charge is 0.172 e. The van der Waals surface area contributed by atoms with E-state index in [0.29, 0.717) is 0 Å². The van der Waals surface area contributed by atoms with Crippen LogP contribution in [0.1, 0.15) is 0 Å². The molecule has 0 aliphatic heterocycles. The molecule has 150 valence electrons. The summed E-state index contributed by atoms with van der Waals surface area (Å²) in [5, 5.41) is 2.51. The zero-order valence-electron chi connectivity index (χ0n) is 16.7. The molecular weight excluding hydrogens is 512 g/mol. The maximum atomic E-state index is 15.3. The van der Waals surface area contributed by atoms with E-state index < -0.39 is 7.14 Å². The second-order valence-corrected chi connectivity index (χ2v) is 11.0. The van der Waals surface area contributed by atoms with Crippen LogP contribution in [0, 0.1) is 3.57 Å². The van der Waals surface area contributed by atoms with Crippen LogP contribution in [0.4, 0.5) is 0 Å². The van der Waals surface area contributed by atoms with Crippen LogP contribution in [0.25, 0.3) is 22.4 Å². The molecule has 3 aromatic rings. The van der Waals surface area contributed by atoms with Gasteiger partial charge in [0.05, 0.1) is 5.69 Å². The van der Waals surface area contributed by atoms with Gasteiger partial charge in [-0.05, 0) is 45.9 Å². The normalized spacial score (nSPS) is 11.5. The van der Waals surface area contributed by atoms with Gasteiger partial charge in [-0.2, -0.15) is 0 Å². The summed E-state index contributed by atoms with van der Waals surface area (Å²) in [4.78, 5) is 4.66. The molecule has 2 aliphatic rings. The van der Waals surface area contributed by atoms with Gasteiger partial charge < -0.3 is 4.57 Å². The fourth-order valence-corrected chi connectivity index (χ4v) is 8.38. The lowest BCUT2D eigenvalue weighted by Gasteiger charge is -2.22. The lowest BCUT2D eigenvalue weighted by Crippen LogP contribution is -2.26. The van der Waals surface area contributed by atoms with Gasteiger partial charge in [0.2, 0.25) is 0 Å². The molecule has 1 aromatic heterocycles. The Kier molecular flexibility index (Phi) is 5.47. The standard InChI is InChI=1S/C27H19INOP/c28-26-22-16-8-3-9-17-23(22)27(25(26)24-18-10-11-19-29-24)31(30,20-12-4-1-5-13-20)21-14-6-2-7-15-21/h1-19H. The van der Waals surface area contributed by atoms with E-state index in [0.717, 1.165) is 41.9 Å². The van der Waals surface area contributed by atoms with Crippen molar-refractivity contribution < 1.29 is 4.57 Å². The molecule has 0 unspecified atom stereocenters. The maximum absolute atomic E-state index is 15.3. The van der Waals surface area contributed by atoms with Crippen molar-refractivity contribution in [1.29, 1.82) is 0 Å². The molecule has 4 heteroatoms. The highest BCUT2D eigenvalue weighted by atomic mass is 127. The topological polar surface area (TPSA) is 30.0 Å². The number of hydrogen-bond acceptors (Lipinski definition) is 2. The van der Waals surface area contributed by atoms with Crippen molar-refractivity contribution in [2.24, 2.45) is 0 Å². The van der Waals surface area contributed by atoms with Crippen molar-refractivity contribution in [2.75, 3.05) is 0 Å². The molecule has 5 rings (SSSR count). The van der Waals surface area contributed by atoms with Crippen LogP contribution in [-0.2, 0) is 4.57 Å². The molecule has 2 nitrogen and oxygen atoms in total. The van der Waals surface area contributed by atoms with Crippen LogP contribution in [-0.4, -0.2) is 4.98 Å². The summed E-state index contributed by atoms with van der Waals surface area (Å²) in [5.41, 5.74) is 3.89. The van der Waals surface area contributed by atoms with Crippen molar-refractivity contribution >= 4 is 45.6 Å². The highest BCUT2D eigenvalue weighted by molar-refractivity contribution is 14.1. The summed E-state index contributed by atoms with van der Waals surface area (Å²) < 4.78 is 16.4. The summed E-state index contributed by atoms with van der Waals surface area (Å²) in [6.07, 6.45) is 1.79. The molecule has 0 N–H and O–H groups in total. The highest BCUT2D eigenvalue weighted by Gasteiger charge is 2.38. The lowest BCUT2D eigenvalue weighted by molar-refractivity contribution is 0.592. The van der Waals surface area contributed by atoms with E-state index in [4.69, 9.17) is 0 Å². The molecule has 0 saturated carbocycles. The fourth-order valence-electron chi connectivity index (χ4n) is 4.07. The first-order valence-electron chi connectivity index (χ1n) is 10.0. The molecule has 0 amide bonds. The number of fused-ring (bicyclic) bond motifs is 1. The molecule has 0 spiro atoms. The minimum absolute atomic E-state index is 0.827. The molecule has 31 heavy (non-hydrogen) atoms. The number of rotatable bonds is 4. The van der Waals surface area contributed by atoms with Gasteiger partial charge in [0.15, 0.2) is 7.14 Å². The third-order valence-corrected chi connectivity index (χ3v) is 9.73. The quantitative estimate of drug-likeness (QED) is 0.207. The molecule has 0 bridgehead atoms. The van der Waals surface area contributed by atoms with E-state index in [1.165, 1.54) is 0 Å². The number of halogens is 1. The minimum atomic E-state index is -3.18. The van der Waals surface area contributed by atoms with Crippen molar-refractivity contribution in [3.05, 3.63) is 119 Å². The van der Waals surface area contributed by atoms with E-state index >= 15 is 4.57 Å². The fraction of sp³-hybridized carbons (Fsp3) is 0. The van der Waals surface area contributed by atoms with Crippen molar-refractivity contribution in [3.8, 4) is 22.4 Å². The van der Waals surface area contributed by atoms with Gasteiger partial charge in [0.1, 0.15) is 0 Å². The maximum Gasteiger partial charge on any atom is 0.172 e. The van der Waals surface area contributed by atoms with Gasteiger partial charge in [-0.1, -0.05) is 97.1 Å². The Labute approximate surface area is 195 Å². The monoisotopic (exact) mass is 531 g/mol. The van der Waals surface area contributed by atoms with Crippen molar-refractivity contribution in [1.82, 2.24) is 4.98 Å². The Morgan fingerprint density at radius 3 is 1.68 bits per heavy atom. The zero-order valence-corrected chi connectivity index (χ0v) is 19.7. The zero-order chi connectivity index (χ0) is 21.3. The van der Waals surface area contributed by atoms with Crippen molar-refractivity contribution in [2.45, 2.75) is 0 Å². The average molecular weight is 531 g/mol. The van der Waals surface area contributed by atoms with Gasteiger partial charge in [0, 0.05) is 31.2 Å². The number of aromatic nitrogens is 1. The summed E-state index contributed by atoms with van der Waals surface area (Å²) in [6.45, 7) is 0. The third kappa shape index (κ3) is 3.42. The summed E-state index contributed by atoms with van der Waals surface area (Å²) in [6, 6.07) is 35.8. The van der Waals surface area contributed by atoms with Gasteiger partial charge in [-0.3, -0.25) is 4.98 Å². The Hall–Kier alpha value is -2.75. The largest absolute Gasteiger partial charge is 0.309 e. The van der Waals surface area contributed by atoms with Crippen LogP contribution in [0.3, 0.4) is 0 Å². The number of nitrogens with zero attached hydrogens (tertiary/aromatic N) is 1. The Morgan fingerprint density at radius 2 is 1.13 bits per heavy atom. The Morgan fingerprint density at radius 1 is 0.613 bits per heavy atom. The molecule has 2 aromatic carbocycles. The minimum Gasteiger partial charge on any atom is -0.309 e. The van der Waals surface area contributed by atoms with Gasteiger partial charge in [0.25, 0.3) is 0 Å². The lowest BCUT2D eigenvalue weighted by atomic mass is 10.2. The van der Waals surface area contributed by atoms with Gasteiger partial charge in [-0.15, -0.1) is 0 Å². The van der Waals surface area contributed by atoms with Crippen LogP contribution in [0.15, 0.2) is 115 Å². The molecule has 0 atom stereocenters. The number of benzene rings is 2. The van der Waals surface area contributed by atoms with Gasteiger partial charge in [-0.25, -0.2) is 0 Å². The highest BCUT2D eigenvalue weighted by Crippen LogP contribution is 2.51. The Balaban J connectivity index is 1.97. The predicted octanol–water partition coefficient (Wildman–Crippen LogP) is 6.10. The van der Waals surface area contributed by atoms with Crippen LogP contribution < -0.4 is 15.9 Å². The molecular formula is C27H19INOP. The molecule has 0 fully saturated rings. The first-order valence-corrected chi connectivity index (χ1v) is 12.8. The van der Waals surface area contributed by atoms with E-state index in [1.54, 1.807) is 6.20 Å². The summed E-state index contributed by atoms with van der Waals surface area (Å²) in [7, 11) is -3.18.